The van der Waals surface area contributed by atoms with Crippen LogP contribution in [-0.2, 0) is 20.7 Å². The molecule has 1 heterocycles. The van der Waals surface area contributed by atoms with Crippen molar-refractivity contribution in [2.24, 2.45) is 17.8 Å². The van der Waals surface area contributed by atoms with E-state index in [0.717, 1.165) is 40.1 Å². The summed E-state index contributed by atoms with van der Waals surface area (Å²) in [7, 11) is 2.95. The Labute approximate surface area is 218 Å². The molecule has 1 N–H and O–H groups in total. The fourth-order valence-electron chi connectivity index (χ4n) is 8.11. The molecule has 4 fully saturated rings. The third-order valence-electron chi connectivity index (χ3n) is 9.18. The number of rotatable bonds is 5. The maximum Gasteiger partial charge on any atom is 0.328 e. The van der Waals surface area contributed by atoms with Crippen LogP contribution in [0.15, 0.2) is 42.5 Å². The largest absolute Gasteiger partial charge is 0.497 e. The van der Waals surface area contributed by atoms with E-state index >= 15 is 0 Å². The molecular weight excluding hydrogens is 464 g/mol. The highest BCUT2D eigenvalue weighted by Gasteiger charge is 2.51. The van der Waals surface area contributed by atoms with Gasteiger partial charge >= 0.3 is 5.97 Å². The van der Waals surface area contributed by atoms with E-state index in [4.69, 9.17) is 15.9 Å². The molecule has 7 rings (SSSR count). The highest BCUT2D eigenvalue weighted by Crippen LogP contribution is 2.56. The number of anilines is 1. The molecule has 1 aliphatic heterocycles. The van der Waals surface area contributed by atoms with Gasteiger partial charge in [0.15, 0.2) is 0 Å². The molecule has 4 saturated carbocycles. The quantitative estimate of drug-likeness (QED) is 0.477. The third-order valence-corrected chi connectivity index (χ3v) is 9.18. The number of hydrogen-bond donors (Lipinski definition) is 1. The Balaban J connectivity index is 1.35. The molecule has 192 valence electrons. The van der Waals surface area contributed by atoms with Gasteiger partial charge in [0, 0.05) is 17.6 Å². The average Bonchev–Trinajstić information content (AvgIpc) is 2.90. The molecule has 2 atom stereocenters. The van der Waals surface area contributed by atoms with Crippen molar-refractivity contribution in [1.29, 1.82) is 0 Å². The van der Waals surface area contributed by atoms with Crippen molar-refractivity contribution in [1.82, 2.24) is 4.90 Å². The molecule has 4 aliphatic carbocycles. The van der Waals surface area contributed by atoms with E-state index in [-0.39, 0.29) is 5.54 Å². The average molecular weight is 499 g/mol. The van der Waals surface area contributed by atoms with Gasteiger partial charge in [0.05, 0.1) is 20.3 Å². The van der Waals surface area contributed by atoms with Crippen LogP contribution in [0.25, 0.3) is 0 Å². The van der Waals surface area contributed by atoms with Gasteiger partial charge in [-0.3, -0.25) is 4.79 Å². The van der Waals surface area contributed by atoms with Crippen molar-refractivity contribution >= 4 is 17.6 Å². The molecule has 0 aromatic heterocycles. The molecule has 0 unspecified atom stereocenters. The van der Waals surface area contributed by atoms with Gasteiger partial charge in [-0.15, -0.1) is 6.42 Å². The van der Waals surface area contributed by atoms with Crippen LogP contribution in [0.2, 0.25) is 0 Å². The van der Waals surface area contributed by atoms with Gasteiger partial charge in [0.1, 0.15) is 11.8 Å². The lowest BCUT2D eigenvalue weighted by Crippen LogP contribution is -2.54. The van der Waals surface area contributed by atoms with E-state index in [1.807, 2.05) is 18.2 Å². The van der Waals surface area contributed by atoms with Crippen LogP contribution in [0.3, 0.4) is 0 Å². The molecule has 6 heteroatoms. The first-order valence-electron chi connectivity index (χ1n) is 13.3. The van der Waals surface area contributed by atoms with Gasteiger partial charge in [-0.05, 0) is 103 Å². The standard InChI is InChI=1S/C31H34N2O4/c1-4-28(34)33-27(30(35)37-3)15-23-14-25(36-2)9-10-26(23)29(33)22-5-7-24(8-6-22)32-31-16-19-11-20(17-31)13-21(12-19)18-31/h1,5-10,14,19-21,27,29,32H,11-13,15-18H2,2-3H3/t19?,20?,21?,27-,29+,31?/m1/s1. The first-order chi connectivity index (χ1) is 17.9. The van der Waals surface area contributed by atoms with Gasteiger partial charge in [-0.2, -0.15) is 0 Å². The van der Waals surface area contributed by atoms with Crippen molar-refractivity contribution in [3.63, 3.8) is 0 Å². The number of hydrogen-bond acceptors (Lipinski definition) is 5. The van der Waals surface area contributed by atoms with Gasteiger partial charge in [-0.1, -0.05) is 18.2 Å². The molecule has 1 amide bonds. The first kappa shape index (κ1) is 23.9. The Bertz CT molecular complexity index is 1230. The molecule has 37 heavy (non-hydrogen) atoms. The summed E-state index contributed by atoms with van der Waals surface area (Å²) in [6, 6.07) is 12.8. The highest BCUT2D eigenvalue weighted by atomic mass is 16.5. The smallest absolute Gasteiger partial charge is 0.328 e. The number of nitrogens with one attached hydrogen (secondary N) is 1. The maximum absolute atomic E-state index is 13.0. The van der Waals surface area contributed by atoms with Crippen LogP contribution >= 0.6 is 0 Å². The first-order valence-corrected chi connectivity index (χ1v) is 13.3. The molecule has 2 aromatic rings. The zero-order chi connectivity index (χ0) is 25.7. The molecule has 0 saturated heterocycles. The third kappa shape index (κ3) is 4.15. The van der Waals surface area contributed by atoms with Crippen LogP contribution < -0.4 is 10.1 Å². The normalized spacial score (nSPS) is 31.3. The molecular formula is C31H34N2O4. The molecule has 2 aromatic carbocycles. The zero-order valence-corrected chi connectivity index (χ0v) is 21.5. The Kier molecular flexibility index (Phi) is 5.90. The fourth-order valence-corrected chi connectivity index (χ4v) is 8.11. The molecule has 6 nitrogen and oxygen atoms in total. The van der Waals surface area contributed by atoms with Gasteiger partial charge in [0.2, 0.25) is 0 Å². The van der Waals surface area contributed by atoms with E-state index in [1.54, 1.807) is 7.11 Å². The van der Waals surface area contributed by atoms with Crippen LogP contribution in [-0.4, -0.2) is 42.6 Å². The summed E-state index contributed by atoms with van der Waals surface area (Å²) in [6.45, 7) is 0. The number of fused-ring (bicyclic) bond motifs is 1. The number of terminal acetylenes is 1. The van der Waals surface area contributed by atoms with E-state index in [9.17, 15) is 9.59 Å². The summed E-state index contributed by atoms with van der Waals surface area (Å²) in [5, 5.41) is 3.93. The minimum absolute atomic E-state index is 0.214. The summed E-state index contributed by atoms with van der Waals surface area (Å²) >= 11 is 0. The number of esters is 1. The fraction of sp³-hybridized carbons (Fsp3) is 0.484. The second-order valence-corrected chi connectivity index (χ2v) is 11.5. The molecule has 0 radical (unpaired) electrons. The highest BCUT2D eigenvalue weighted by molar-refractivity contribution is 5.97. The number of benzene rings is 2. The summed E-state index contributed by atoms with van der Waals surface area (Å²) in [4.78, 5) is 27.4. The zero-order valence-electron chi connectivity index (χ0n) is 21.5. The maximum atomic E-state index is 13.0. The van der Waals surface area contributed by atoms with Crippen LogP contribution in [0.1, 0.15) is 61.3 Å². The number of amides is 1. The number of methoxy groups -OCH3 is 2. The van der Waals surface area contributed by atoms with Crippen molar-refractivity contribution in [2.75, 3.05) is 19.5 Å². The van der Waals surface area contributed by atoms with Crippen LogP contribution in [0, 0.1) is 30.1 Å². The summed E-state index contributed by atoms with van der Waals surface area (Å²) in [6.07, 6.45) is 13.9. The lowest BCUT2D eigenvalue weighted by molar-refractivity contribution is -0.153. The Morgan fingerprint density at radius 2 is 1.65 bits per heavy atom. The van der Waals surface area contributed by atoms with E-state index < -0.39 is 24.0 Å². The predicted molar refractivity (Wildman–Crippen MR) is 141 cm³/mol. The van der Waals surface area contributed by atoms with E-state index in [2.05, 4.69) is 35.5 Å². The topological polar surface area (TPSA) is 67.9 Å². The van der Waals surface area contributed by atoms with Crippen molar-refractivity contribution in [3.05, 3.63) is 59.2 Å². The van der Waals surface area contributed by atoms with Crippen LogP contribution in [0.5, 0.6) is 5.75 Å². The second-order valence-electron chi connectivity index (χ2n) is 11.5. The van der Waals surface area contributed by atoms with Gasteiger partial charge in [-0.25, -0.2) is 4.79 Å². The Morgan fingerprint density at radius 1 is 1.00 bits per heavy atom. The monoisotopic (exact) mass is 498 g/mol. The molecule has 0 spiro atoms. The van der Waals surface area contributed by atoms with Crippen molar-refractivity contribution in [3.8, 4) is 18.1 Å². The summed E-state index contributed by atoms with van der Waals surface area (Å²) < 4.78 is 10.5. The number of carbonyl (C=O) groups is 2. The predicted octanol–water partition coefficient (Wildman–Crippen LogP) is 4.72. The van der Waals surface area contributed by atoms with E-state index in [0.29, 0.717) is 12.2 Å². The van der Waals surface area contributed by atoms with Gasteiger partial charge < -0.3 is 19.7 Å². The van der Waals surface area contributed by atoms with Crippen molar-refractivity contribution in [2.45, 2.75) is 62.6 Å². The Morgan fingerprint density at radius 3 is 2.22 bits per heavy atom. The Hall–Kier alpha value is -3.46. The second kappa shape index (κ2) is 9.13. The van der Waals surface area contributed by atoms with Gasteiger partial charge in [0.25, 0.3) is 5.91 Å². The summed E-state index contributed by atoms with van der Waals surface area (Å²) in [5.74, 6) is 4.53. The van der Waals surface area contributed by atoms with Crippen molar-refractivity contribution < 1.29 is 19.1 Å². The number of carbonyl (C=O) groups excluding carboxylic acids is 2. The molecule has 4 bridgehead atoms. The minimum atomic E-state index is -0.817. The lowest BCUT2D eigenvalue weighted by atomic mass is 9.53. The molecule has 5 aliphatic rings. The number of ether oxygens (including phenoxy) is 2. The minimum Gasteiger partial charge on any atom is -0.497 e. The number of nitrogens with zero attached hydrogens (tertiary/aromatic N) is 1. The summed E-state index contributed by atoms with van der Waals surface area (Å²) in [5.41, 5.74) is 4.10. The SMILES string of the molecule is C#CC(=O)N1[C@@H](c2ccc(NC34CC5CC(CC(C5)C3)C4)cc2)c2ccc(OC)cc2C[C@@H]1C(=O)OC. The lowest BCUT2D eigenvalue weighted by Gasteiger charge is -2.57. The van der Waals surface area contributed by atoms with Crippen LogP contribution in [0.4, 0.5) is 5.69 Å². The van der Waals surface area contributed by atoms with E-state index in [1.165, 1.54) is 50.5 Å².